The van der Waals surface area contributed by atoms with E-state index in [1.165, 1.54) is 22.3 Å². The molecule has 0 saturated carbocycles. The van der Waals surface area contributed by atoms with Crippen LogP contribution in [-0.4, -0.2) is 10.9 Å². The van der Waals surface area contributed by atoms with Crippen molar-refractivity contribution in [3.63, 3.8) is 0 Å². The van der Waals surface area contributed by atoms with Crippen LogP contribution in [0.5, 0.6) is 0 Å². The van der Waals surface area contributed by atoms with Crippen molar-refractivity contribution in [1.29, 1.82) is 0 Å². The maximum Gasteiger partial charge on any atom is 0.231 e. The van der Waals surface area contributed by atoms with Gasteiger partial charge in [0.15, 0.2) is 0 Å². The molecule has 2 bridgehead atoms. The van der Waals surface area contributed by atoms with E-state index in [0.29, 0.717) is 0 Å². The van der Waals surface area contributed by atoms with E-state index in [9.17, 15) is 4.79 Å². The summed E-state index contributed by atoms with van der Waals surface area (Å²) in [5.74, 6) is 0.429. The number of rotatable bonds is 2. The summed E-state index contributed by atoms with van der Waals surface area (Å²) in [5, 5.41) is 3.10. The summed E-state index contributed by atoms with van der Waals surface area (Å²) in [7, 11) is 0. The summed E-state index contributed by atoms with van der Waals surface area (Å²) in [4.78, 5) is 17.5. The molecule has 6 rings (SSSR count). The highest BCUT2D eigenvalue weighted by Gasteiger charge is 2.53. The minimum Gasteiger partial charge on any atom is -0.324 e. The normalized spacial score (nSPS) is 25.3. The Hall–Kier alpha value is -2.94. The van der Waals surface area contributed by atoms with Crippen molar-refractivity contribution in [3.8, 4) is 0 Å². The monoisotopic (exact) mass is 340 g/mol. The smallest absolute Gasteiger partial charge is 0.231 e. The maximum absolute atomic E-state index is 13.4. The van der Waals surface area contributed by atoms with Crippen LogP contribution in [0.25, 0.3) is 0 Å². The minimum atomic E-state index is -0.483. The number of hydrogen-bond donors (Lipinski definition) is 1. The largest absolute Gasteiger partial charge is 0.324 e. The van der Waals surface area contributed by atoms with Gasteiger partial charge >= 0.3 is 0 Å². The molecule has 3 aliphatic carbocycles. The Morgan fingerprint density at radius 3 is 2.15 bits per heavy atom. The van der Waals surface area contributed by atoms with Crippen LogP contribution in [0, 0.1) is 5.41 Å². The van der Waals surface area contributed by atoms with Crippen LogP contribution in [0.15, 0.2) is 73.1 Å². The molecule has 0 saturated heterocycles. The average Bonchev–Trinajstić information content (AvgIpc) is 2.69. The number of anilines is 1. The molecular weight excluding hydrogens is 320 g/mol. The van der Waals surface area contributed by atoms with E-state index < -0.39 is 5.41 Å². The van der Waals surface area contributed by atoms with Gasteiger partial charge < -0.3 is 5.32 Å². The van der Waals surface area contributed by atoms with Gasteiger partial charge in [-0.15, -0.1) is 0 Å². The Balaban J connectivity index is 1.63. The molecule has 0 radical (unpaired) electrons. The van der Waals surface area contributed by atoms with Crippen molar-refractivity contribution in [2.75, 3.05) is 5.32 Å². The fourth-order valence-corrected chi connectivity index (χ4v) is 4.90. The van der Waals surface area contributed by atoms with E-state index in [1.54, 1.807) is 12.4 Å². The molecule has 1 amide bonds. The van der Waals surface area contributed by atoms with Crippen LogP contribution in [0.3, 0.4) is 0 Å². The van der Waals surface area contributed by atoms with Gasteiger partial charge in [-0.05, 0) is 47.7 Å². The summed E-state index contributed by atoms with van der Waals surface area (Å²) in [6.45, 7) is 2.11. The average molecular weight is 340 g/mol. The molecule has 0 fully saturated rings. The highest BCUT2D eigenvalue weighted by atomic mass is 16.2. The second-order valence-electron chi connectivity index (χ2n) is 7.56. The van der Waals surface area contributed by atoms with Crippen molar-refractivity contribution < 1.29 is 4.79 Å². The summed E-state index contributed by atoms with van der Waals surface area (Å²) >= 11 is 0. The lowest BCUT2D eigenvalue weighted by Gasteiger charge is -2.50. The number of pyridine rings is 1. The lowest BCUT2D eigenvalue weighted by atomic mass is 9.52. The van der Waals surface area contributed by atoms with Crippen molar-refractivity contribution in [1.82, 2.24) is 4.98 Å². The molecule has 3 aliphatic rings. The third-order valence-electron chi connectivity index (χ3n) is 6.07. The SMILES string of the molecule is C[C@]1(C(=O)Nc2cccnc2)CC2c3ccccc3C1c1ccccc12. The first kappa shape index (κ1) is 15.3. The maximum atomic E-state index is 13.4. The molecule has 0 spiro atoms. The van der Waals surface area contributed by atoms with Gasteiger partial charge in [0.05, 0.1) is 17.3 Å². The molecule has 1 heterocycles. The third-order valence-corrected chi connectivity index (χ3v) is 6.07. The van der Waals surface area contributed by atoms with Gasteiger partial charge in [-0.1, -0.05) is 48.5 Å². The van der Waals surface area contributed by atoms with Crippen molar-refractivity contribution >= 4 is 11.6 Å². The van der Waals surface area contributed by atoms with Gasteiger partial charge in [0.1, 0.15) is 0 Å². The van der Waals surface area contributed by atoms with E-state index in [2.05, 4.69) is 65.8 Å². The Morgan fingerprint density at radius 2 is 1.58 bits per heavy atom. The summed E-state index contributed by atoms with van der Waals surface area (Å²) in [6, 6.07) is 20.9. The number of nitrogens with one attached hydrogen (secondary N) is 1. The molecule has 26 heavy (non-hydrogen) atoms. The van der Waals surface area contributed by atoms with Gasteiger partial charge in [-0.25, -0.2) is 0 Å². The number of carbonyl (C=O) groups is 1. The first-order valence-corrected chi connectivity index (χ1v) is 9.07. The van der Waals surface area contributed by atoms with Gasteiger partial charge in [-0.3, -0.25) is 9.78 Å². The van der Waals surface area contributed by atoms with E-state index in [-0.39, 0.29) is 17.7 Å². The predicted molar refractivity (Wildman–Crippen MR) is 102 cm³/mol. The van der Waals surface area contributed by atoms with Gasteiger partial charge in [0, 0.05) is 18.0 Å². The quantitative estimate of drug-likeness (QED) is 0.734. The van der Waals surface area contributed by atoms with Crippen LogP contribution < -0.4 is 5.32 Å². The van der Waals surface area contributed by atoms with Gasteiger partial charge in [0.2, 0.25) is 5.91 Å². The number of fused-ring (bicyclic) bond motifs is 1. The molecule has 1 N–H and O–H groups in total. The Morgan fingerprint density at radius 1 is 0.962 bits per heavy atom. The number of aromatic nitrogens is 1. The van der Waals surface area contributed by atoms with Crippen LogP contribution in [0.1, 0.15) is 47.4 Å². The molecule has 128 valence electrons. The third kappa shape index (κ3) is 2.07. The molecule has 1 aromatic heterocycles. The van der Waals surface area contributed by atoms with Crippen LogP contribution >= 0.6 is 0 Å². The second-order valence-corrected chi connectivity index (χ2v) is 7.56. The van der Waals surface area contributed by atoms with Crippen LogP contribution in [-0.2, 0) is 4.79 Å². The Bertz CT molecular complexity index is 950. The summed E-state index contributed by atoms with van der Waals surface area (Å²) in [6.07, 6.45) is 4.24. The highest BCUT2D eigenvalue weighted by molar-refractivity contribution is 5.97. The van der Waals surface area contributed by atoms with E-state index in [0.717, 1.165) is 12.1 Å². The van der Waals surface area contributed by atoms with Gasteiger partial charge in [-0.2, -0.15) is 0 Å². The van der Waals surface area contributed by atoms with Crippen molar-refractivity contribution in [2.24, 2.45) is 5.41 Å². The van der Waals surface area contributed by atoms with Crippen LogP contribution in [0.2, 0.25) is 0 Å². The predicted octanol–water partition coefficient (Wildman–Crippen LogP) is 4.71. The Kier molecular flexibility index (Phi) is 3.26. The molecule has 1 atom stereocenters. The zero-order valence-corrected chi connectivity index (χ0v) is 14.6. The van der Waals surface area contributed by atoms with E-state index >= 15 is 0 Å². The fourth-order valence-electron chi connectivity index (χ4n) is 4.90. The first-order chi connectivity index (χ1) is 12.7. The Labute approximate surface area is 153 Å². The number of benzene rings is 2. The molecule has 0 unspecified atom stereocenters. The first-order valence-electron chi connectivity index (χ1n) is 9.07. The topological polar surface area (TPSA) is 42.0 Å². The summed E-state index contributed by atoms with van der Waals surface area (Å²) < 4.78 is 0. The zero-order valence-electron chi connectivity index (χ0n) is 14.6. The number of carbonyl (C=O) groups excluding carboxylic acids is 1. The lowest BCUT2D eigenvalue weighted by Crippen LogP contribution is -2.47. The second kappa shape index (κ2) is 5.53. The molecule has 3 heteroatoms. The van der Waals surface area contributed by atoms with Crippen LogP contribution in [0.4, 0.5) is 5.69 Å². The van der Waals surface area contributed by atoms with Gasteiger partial charge in [0.25, 0.3) is 0 Å². The molecule has 2 aromatic carbocycles. The molecule has 3 aromatic rings. The fraction of sp³-hybridized carbons (Fsp3) is 0.217. The number of nitrogens with zero attached hydrogens (tertiary/aromatic N) is 1. The minimum absolute atomic E-state index is 0.0736. The van der Waals surface area contributed by atoms with Crippen molar-refractivity contribution in [2.45, 2.75) is 25.2 Å². The molecular formula is C23H20N2O. The summed E-state index contributed by atoms with van der Waals surface area (Å²) in [5.41, 5.74) is 5.62. The lowest BCUT2D eigenvalue weighted by molar-refractivity contribution is -0.126. The van der Waals surface area contributed by atoms with E-state index in [4.69, 9.17) is 0 Å². The number of amides is 1. The highest BCUT2D eigenvalue weighted by Crippen LogP contribution is 2.61. The molecule has 3 nitrogen and oxygen atoms in total. The van der Waals surface area contributed by atoms with E-state index in [1.807, 2.05) is 12.1 Å². The van der Waals surface area contributed by atoms with Crippen molar-refractivity contribution in [3.05, 3.63) is 95.3 Å². The number of hydrogen-bond acceptors (Lipinski definition) is 2. The zero-order chi connectivity index (χ0) is 17.7. The standard InChI is InChI=1S/C23H20N2O/c1-23(22(26)25-15-7-6-12-24-14-15)13-20-16-8-2-4-10-18(16)21(23)19-11-5-3-9-17(19)20/h2-12,14,20-21H,13H2,1H3,(H,25,26)/t20?,21?,23-/m0/s1. The molecule has 0 aliphatic heterocycles.